The van der Waals surface area contributed by atoms with Crippen LogP contribution < -0.4 is 5.32 Å². The van der Waals surface area contributed by atoms with Crippen LogP contribution in [0.1, 0.15) is 38.7 Å². The molecular weight excluding hydrogens is 261 g/mol. The molecule has 1 atom stereocenters. The third kappa shape index (κ3) is 4.05. The fourth-order valence-electron chi connectivity index (χ4n) is 1.64. The van der Waals surface area contributed by atoms with Crippen LogP contribution in [0.4, 0.5) is 4.39 Å². The Balaban J connectivity index is 2.77. The van der Waals surface area contributed by atoms with E-state index in [0.29, 0.717) is 12.0 Å². The number of benzene rings is 1. The smallest absolute Gasteiger partial charge is 0.312 e. The van der Waals surface area contributed by atoms with Crippen molar-refractivity contribution in [3.05, 3.63) is 35.6 Å². The van der Waals surface area contributed by atoms with Gasteiger partial charge in [0.2, 0.25) is 5.91 Å². The van der Waals surface area contributed by atoms with E-state index in [0.717, 1.165) is 0 Å². The third-order valence-electron chi connectivity index (χ3n) is 3.54. The van der Waals surface area contributed by atoms with Gasteiger partial charge in [-0.3, -0.25) is 9.59 Å². The second-order valence-electron chi connectivity index (χ2n) is 5.39. The minimum absolute atomic E-state index is 0.0107. The standard InChI is InChI=1S/C15H20FNO3/c1-4-15(2,3)14(20)17-9-12(13(18)19)10-5-7-11(16)8-6-10/h5-8,12H,4,9H2,1-3H3,(H,17,20)(H,18,19). The topological polar surface area (TPSA) is 66.4 Å². The zero-order chi connectivity index (χ0) is 15.3. The highest BCUT2D eigenvalue weighted by Gasteiger charge is 2.27. The fraction of sp³-hybridized carbons (Fsp3) is 0.467. The van der Waals surface area contributed by atoms with Gasteiger partial charge in [0.1, 0.15) is 5.82 Å². The highest BCUT2D eigenvalue weighted by atomic mass is 19.1. The number of halogens is 1. The Bertz CT molecular complexity index is 482. The van der Waals surface area contributed by atoms with E-state index in [1.54, 1.807) is 13.8 Å². The molecule has 1 aromatic rings. The van der Waals surface area contributed by atoms with Crippen LogP contribution in [0.25, 0.3) is 0 Å². The predicted octanol–water partition coefficient (Wildman–Crippen LogP) is 2.55. The largest absolute Gasteiger partial charge is 0.481 e. The summed E-state index contributed by atoms with van der Waals surface area (Å²) in [5, 5.41) is 11.9. The Kier molecular flexibility index (Phi) is 5.25. The van der Waals surface area contributed by atoms with Gasteiger partial charge in [0.05, 0.1) is 5.92 Å². The van der Waals surface area contributed by atoms with Crippen molar-refractivity contribution in [1.82, 2.24) is 5.32 Å². The molecule has 1 unspecified atom stereocenters. The lowest BCUT2D eigenvalue weighted by Crippen LogP contribution is -2.39. The summed E-state index contributed by atoms with van der Waals surface area (Å²) < 4.78 is 12.9. The van der Waals surface area contributed by atoms with Crippen LogP contribution in [0.15, 0.2) is 24.3 Å². The van der Waals surface area contributed by atoms with Crippen molar-refractivity contribution in [1.29, 1.82) is 0 Å². The monoisotopic (exact) mass is 281 g/mol. The summed E-state index contributed by atoms with van der Waals surface area (Å²) in [5.74, 6) is -2.54. The van der Waals surface area contributed by atoms with Gasteiger partial charge in [-0.2, -0.15) is 0 Å². The summed E-state index contributed by atoms with van der Waals surface area (Å²) in [6.45, 7) is 5.49. The molecule has 0 aliphatic rings. The Morgan fingerprint density at radius 1 is 1.30 bits per heavy atom. The number of rotatable bonds is 6. The van der Waals surface area contributed by atoms with Crippen LogP contribution >= 0.6 is 0 Å². The number of carboxylic acid groups (broad SMARTS) is 1. The maximum absolute atomic E-state index is 12.9. The van der Waals surface area contributed by atoms with Crippen molar-refractivity contribution >= 4 is 11.9 Å². The minimum Gasteiger partial charge on any atom is -0.481 e. The van der Waals surface area contributed by atoms with Gasteiger partial charge in [-0.15, -0.1) is 0 Å². The first-order valence-corrected chi connectivity index (χ1v) is 6.54. The first-order valence-electron chi connectivity index (χ1n) is 6.54. The van der Waals surface area contributed by atoms with E-state index in [9.17, 15) is 19.1 Å². The number of carbonyl (C=O) groups is 2. The molecule has 0 aromatic heterocycles. The molecule has 0 fully saturated rings. The minimum atomic E-state index is -1.05. The average Bonchev–Trinajstić information content (AvgIpc) is 2.40. The summed E-state index contributed by atoms with van der Waals surface area (Å²) in [7, 11) is 0. The molecule has 1 rings (SSSR count). The summed E-state index contributed by atoms with van der Waals surface area (Å²) in [6.07, 6.45) is 0.660. The van der Waals surface area contributed by atoms with Crippen LogP contribution in [-0.2, 0) is 9.59 Å². The first-order chi connectivity index (χ1) is 9.27. The molecule has 0 saturated carbocycles. The van der Waals surface area contributed by atoms with Crippen LogP contribution in [0.2, 0.25) is 0 Å². The summed E-state index contributed by atoms with van der Waals surface area (Å²) in [5.41, 5.74) is -0.0697. The van der Waals surface area contributed by atoms with Crippen LogP contribution in [0.3, 0.4) is 0 Å². The van der Waals surface area contributed by atoms with Gasteiger partial charge in [0, 0.05) is 12.0 Å². The van der Waals surface area contributed by atoms with Crippen LogP contribution in [0.5, 0.6) is 0 Å². The van der Waals surface area contributed by atoms with Crippen molar-refractivity contribution in [2.24, 2.45) is 5.41 Å². The zero-order valence-electron chi connectivity index (χ0n) is 11.9. The number of amides is 1. The van der Waals surface area contributed by atoms with E-state index < -0.39 is 23.1 Å². The highest BCUT2D eigenvalue weighted by molar-refractivity contribution is 5.83. The van der Waals surface area contributed by atoms with E-state index in [1.807, 2.05) is 6.92 Å². The van der Waals surface area contributed by atoms with Crippen molar-refractivity contribution in [2.45, 2.75) is 33.1 Å². The number of aliphatic carboxylic acids is 1. The molecule has 4 nitrogen and oxygen atoms in total. The second-order valence-corrected chi connectivity index (χ2v) is 5.39. The highest BCUT2D eigenvalue weighted by Crippen LogP contribution is 2.21. The molecule has 0 aliphatic carbocycles. The van der Waals surface area contributed by atoms with Gasteiger partial charge in [-0.25, -0.2) is 4.39 Å². The van der Waals surface area contributed by atoms with Gasteiger partial charge in [0.25, 0.3) is 0 Å². The van der Waals surface area contributed by atoms with Crippen molar-refractivity contribution < 1.29 is 19.1 Å². The van der Waals surface area contributed by atoms with Crippen LogP contribution in [0, 0.1) is 11.2 Å². The molecule has 0 heterocycles. The zero-order valence-corrected chi connectivity index (χ0v) is 11.9. The molecule has 20 heavy (non-hydrogen) atoms. The number of nitrogens with one attached hydrogen (secondary N) is 1. The Labute approximate surface area is 118 Å². The molecule has 5 heteroatoms. The lowest BCUT2D eigenvalue weighted by Gasteiger charge is -2.23. The molecule has 0 spiro atoms. The molecule has 110 valence electrons. The number of carbonyl (C=O) groups excluding carboxylic acids is 1. The summed E-state index contributed by atoms with van der Waals surface area (Å²) >= 11 is 0. The van der Waals surface area contributed by atoms with Gasteiger partial charge < -0.3 is 10.4 Å². The molecule has 0 bridgehead atoms. The second kappa shape index (κ2) is 6.50. The van der Waals surface area contributed by atoms with E-state index in [4.69, 9.17) is 0 Å². The fourth-order valence-corrected chi connectivity index (χ4v) is 1.64. The van der Waals surface area contributed by atoms with E-state index >= 15 is 0 Å². The normalized spacial score (nSPS) is 12.8. The van der Waals surface area contributed by atoms with E-state index in [1.165, 1.54) is 24.3 Å². The van der Waals surface area contributed by atoms with E-state index in [-0.39, 0.29) is 12.5 Å². The molecule has 1 aromatic carbocycles. The molecule has 0 radical (unpaired) electrons. The molecule has 2 N–H and O–H groups in total. The van der Waals surface area contributed by atoms with Crippen LogP contribution in [-0.4, -0.2) is 23.5 Å². The van der Waals surface area contributed by atoms with Crippen molar-refractivity contribution in [3.63, 3.8) is 0 Å². The Morgan fingerprint density at radius 2 is 1.85 bits per heavy atom. The lowest BCUT2D eigenvalue weighted by atomic mass is 9.89. The number of hydrogen-bond donors (Lipinski definition) is 2. The third-order valence-corrected chi connectivity index (χ3v) is 3.54. The Hall–Kier alpha value is -1.91. The quantitative estimate of drug-likeness (QED) is 0.842. The first kappa shape index (κ1) is 16.1. The number of carboxylic acids is 1. The Morgan fingerprint density at radius 3 is 2.30 bits per heavy atom. The number of hydrogen-bond acceptors (Lipinski definition) is 2. The maximum Gasteiger partial charge on any atom is 0.312 e. The van der Waals surface area contributed by atoms with Gasteiger partial charge in [-0.05, 0) is 24.1 Å². The molecule has 0 saturated heterocycles. The van der Waals surface area contributed by atoms with Gasteiger partial charge in [0.15, 0.2) is 0 Å². The predicted molar refractivity (Wildman–Crippen MR) is 73.9 cm³/mol. The van der Waals surface area contributed by atoms with Crippen molar-refractivity contribution in [2.75, 3.05) is 6.54 Å². The molecule has 1 amide bonds. The average molecular weight is 281 g/mol. The van der Waals surface area contributed by atoms with Gasteiger partial charge in [-0.1, -0.05) is 32.9 Å². The van der Waals surface area contributed by atoms with E-state index in [2.05, 4.69) is 5.32 Å². The summed E-state index contributed by atoms with van der Waals surface area (Å²) in [6, 6.07) is 5.27. The molecule has 0 aliphatic heterocycles. The van der Waals surface area contributed by atoms with Gasteiger partial charge >= 0.3 is 5.97 Å². The van der Waals surface area contributed by atoms with Crippen molar-refractivity contribution in [3.8, 4) is 0 Å². The summed E-state index contributed by atoms with van der Waals surface area (Å²) in [4.78, 5) is 23.2. The SMILES string of the molecule is CCC(C)(C)C(=O)NCC(C(=O)O)c1ccc(F)cc1. The maximum atomic E-state index is 12.9. The lowest BCUT2D eigenvalue weighted by molar-refractivity contribution is -0.139. The molecular formula is C15H20FNO3.